The van der Waals surface area contributed by atoms with Gasteiger partial charge in [0.1, 0.15) is 5.54 Å². The molecular formula is C8H17N3O2. The third-order valence-electron chi connectivity index (χ3n) is 1.95. The predicted octanol–water partition coefficient (Wildman–Crippen LogP) is -0.192. The summed E-state index contributed by atoms with van der Waals surface area (Å²) in [6.07, 6.45) is 2.28. The van der Waals surface area contributed by atoms with Gasteiger partial charge in [0.15, 0.2) is 0 Å². The number of hydrogen-bond donors (Lipinski definition) is 4. The van der Waals surface area contributed by atoms with Crippen molar-refractivity contribution in [3.63, 3.8) is 0 Å². The lowest BCUT2D eigenvalue weighted by Gasteiger charge is -2.25. The van der Waals surface area contributed by atoms with Gasteiger partial charge in [-0.25, -0.2) is 0 Å². The van der Waals surface area contributed by atoms with Crippen LogP contribution in [-0.2, 0) is 4.79 Å². The van der Waals surface area contributed by atoms with Gasteiger partial charge in [-0.3, -0.25) is 10.1 Å². The fourth-order valence-corrected chi connectivity index (χ4v) is 1.00. The average molecular weight is 187 g/mol. The molecule has 0 rings (SSSR count). The number of carboxylic acids is 1. The number of hydrogen-bond acceptors (Lipinski definition) is 4. The number of carbonyl (C=O) groups is 1. The Balaban J connectivity index is 4.15. The van der Waals surface area contributed by atoms with E-state index < -0.39 is 11.5 Å². The van der Waals surface area contributed by atoms with E-state index in [2.05, 4.69) is 5.32 Å². The van der Waals surface area contributed by atoms with Crippen LogP contribution in [0.15, 0.2) is 0 Å². The van der Waals surface area contributed by atoms with E-state index in [9.17, 15) is 4.79 Å². The molecule has 0 fully saturated rings. The summed E-state index contributed by atoms with van der Waals surface area (Å²) in [5, 5.41) is 18.5. The van der Waals surface area contributed by atoms with Crippen molar-refractivity contribution in [1.82, 2.24) is 5.32 Å². The van der Waals surface area contributed by atoms with Crippen LogP contribution in [0.5, 0.6) is 0 Å². The zero-order valence-corrected chi connectivity index (χ0v) is 7.84. The van der Waals surface area contributed by atoms with E-state index in [1.54, 1.807) is 6.92 Å². The highest BCUT2D eigenvalue weighted by Crippen LogP contribution is 2.11. The maximum Gasteiger partial charge on any atom is 0.323 e. The van der Waals surface area contributed by atoms with Crippen LogP contribution in [-0.4, -0.2) is 35.9 Å². The molecule has 76 valence electrons. The van der Waals surface area contributed by atoms with Crippen LogP contribution in [0, 0.1) is 5.41 Å². The lowest BCUT2D eigenvalue weighted by atomic mass is 9.96. The third kappa shape index (κ3) is 4.00. The minimum absolute atomic E-state index is 0.271. The monoisotopic (exact) mass is 187 g/mol. The molecule has 0 spiro atoms. The number of carboxylic acid groups (broad SMARTS) is 1. The zero-order chi connectivity index (χ0) is 10.3. The molecule has 0 aromatic rings. The second kappa shape index (κ2) is 5.66. The molecule has 0 heterocycles. The smallest absolute Gasteiger partial charge is 0.323 e. The largest absolute Gasteiger partial charge is 0.480 e. The predicted molar refractivity (Wildman–Crippen MR) is 51.1 cm³/mol. The highest BCUT2D eigenvalue weighted by Gasteiger charge is 2.31. The Morgan fingerprint density at radius 2 is 2.38 bits per heavy atom. The number of nitrogens with two attached hydrogens (primary N) is 1. The highest BCUT2D eigenvalue weighted by molar-refractivity contribution is 5.78. The van der Waals surface area contributed by atoms with Gasteiger partial charge in [-0.05, 0) is 26.3 Å². The summed E-state index contributed by atoms with van der Waals surface area (Å²) in [6.45, 7) is 2.36. The van der Waals surface area contributed by atoms with Gasteiger partial charge >= 0.3 is 5.97 Å². The third-order valence-corrected chi connectivity index (χ3v) is 1.95. The molecule has 0 unspecified atom stereocenters. The molecule has 5 heteroatoms. The summed E-state index contributed by atoms with van der Waals surface area (Å²) >= 11 is 0. The normalized spacial score (nSPS) is 14.9. The van der Waals surface area contributed by atoms with Crippen molar-refractivity contribution in [3.8, 4) is 0 Å². The van der Waals surface area contributed by atoms with E-state index in [-0.39, 0.29) is 6.54 Å². The van der Waals surface area contributed by atoms with Crippen molar-refractivity contribution in [3.05, 3.63) is 0 Å². The first kappa shape index (κ1) is 12.1. The van der Waals surface area contributed by atoms with E-state index in [0.29, 0.717) is 19.4 Å². The fraction of sp³-hybridized carbons (Fsp3) is 0.750. The number of aliphatic carboxylic acids is 1. The van der Waals surface area contributed by atoms with E-state index >= 15 is 0 Å². The molecule has 0 aliphatic rings. The SMILES string of the molecule is C[C@](CCCN)(NCC=N)C(=O)O. The Hall–Kier alpha value is -0.940. The first-order valence-electron chi connectivity index (χ1n) is 4.24. The van der Waals surface area contributed by atoms with Gasteiger partial charge in [-0.15, -0.1) is 0 Å². The van der Waals surface area contributed by atoms with Crippen molar-refractivity contribution in [2.24, 2.45) is 5.73 Å². The molecule has 1 atom stereocenters. The molecule has 0 bridgehead atoms. The van der Waals surface area contributed by atoms with Crippen molar-refractivity contribution in [2.45, 2.75) is 25.3 Å². The van der Waals surface area contributed by atoms with Gasteiger partial charge in [0.25, 0.3) is 0 Å². The molecule has 5 N–H and O–H groups in total. The minimum atomic E-state index is -0.961. The first-order chi connectivity index (χ1) is 6.06. The van der Waals surface area contributed by atoms with Crippen molar-refractivity contribution >= 4 is 12.2 Å². The minimum Gasteiger partial charge on any atom is -0.480 e. The standard InChI is InChI=1S/C8H17N3O2/c1-8(7(12)13,3-2-4-9)11-6-5-10/h5,10-11H,2-4,6,9H2,1H3,(H,12,13)/t8-/m1/s1. The van der Waals surface area contributed by atoms with Crippen molar-refractivity contribution in [1.29, 1.82) is 5.41 Å². The zero-order valence-electron chi connectivity index (χ0n) is 7.84. The van der Waals surface area contributed by atoms with Gasteiger partial charge in [-0.1, -0.05) is 0 Å². The summed E-state index contributed by atoms with van der Waals surface area (Å²) < 4.78 is 0. The maximum atomic E-state index is 10.9. The molecule has 0 saturated heterocycles. The molecule has 5 nitrogen and oxygen atoms in total. The van der Waals surface area contributed by atoms with Gasteiger partial charge in [0, 0.05) is 12.8 Å². The molecule has 0 amide bonds. The van der Waals surface area contributed by atoms with E-state index in [1.807, 2.05) is 0 Å². The summed E-state index contributed by atoms with van der Waals surface area (Å²) in [6, 6.07) is 0. The average Bonchev–Trinajstić information content (AvgIpc) is 2.11. The van der Waals surface area contributed by atoms with Crippen LogP contribution < -0.4 is 11.1 Å². The molecule has 0 aromatic carbocycles. The maximum absolute atomic E-state index is 10.9. The quantitative estimate of drug-likeness (QED) is 0.415. The van der Waals surface area contributed by atoms with Crippen LogP contribution in [0.3, 0.4) is 0 Å². The molecule has 0 aliphatic heterocycles. The molecule has 0 saturated carbocycles. The lowest BCUT2D eigenvalue weighted by molar-refractivity contribution is -0.144. The second-order valence-electron chi connectivity index (χ2n) is 3.11. The van der Waals surface area contributed by atoms with Gasteiger partial charge in [0.2, 0.25) is 0 Å². The van der Waals surface area contributed by atoms with Gasteiger partial charge in [-0.2, -0.15) is 0 Å². The van der Waals surface area contributed by atoms with Crippen molar-refractivity contribution < 1.29 is 9.90 Å². The Labute approximate surface area is 77.8 Å². The Bertz CT molecular complexity index is 184. The first-order valence-corrected chi connectivity index (χ1v) is 4.24. The van der Waals surface area contributed by atoms with Crippen LogP contribution in [0.1, 0.15) is 19.8 Å². The Morgan fingerprint density at radius 1 is 1.77 bits per heavy atom. The summed E-state index contributed by atoms with van der Waals surface area (Å²) in [5.74, 6) is -0.900. The molecule has 0 radical (unpaired) electrons. The van der Waals surface area contributed by atoms with Crippen molar-refractivity contribution in [2.75, 3.05) is 13.1 Å². The van der Waals surface area contributed by atoms with Gasteiger partial charge in [0.05, 0.1) is 0 Å². The summed E-state index contributed by atoms with van der Waals surface area (Å²) in [4.78, 5) is 10.9. The van der Waals surface area contributed by atoms with Crippen LogP contribution >= 0.6 is 0 Å². The molecule has 13 heavy (non-hydrogen) atoms. The highest BCUT2D eigenvalue weighted by atomic mass is 16.4. The fourth-order valence-electron chi connectivity index (χ4n) is 1.00. The number of nitrogens with one attached hydrogen (secondary N) is 2. The van der Waals surface area contributed by atoms with Crippen LogP contribution in [0.2, 0.25) is 0 Å². The molecule has 0 aromatic heterocycles. The Morgan fingerprint density at radius 3 is 2.77 bits per heavy atom. The van der Waals surface area contributed by atoms with Gasteiger partial charge < -0.3 is 16.2 Å². The lowest BCUT2D eigenvalue weighted by Crippen LogP contribution is -2.50. The van der Waals surface area contributed by atoms with Crippen LogP contribution in [0.25, 0.3) is 0 Å². The van der Waals surface area contributed by atoms with Crippen LogP contribution in [0.4, 0.5) is 0 Å². The summed E-state index contributed by atoms with van der Waals surface area (Å²) in [7, 11) is 0. The number of rotatable bonds is 7. The van der Waals surface area contributed by atoms with E-state index in [1.165, 1.54) is 0 Å². The van der Waals surface area contributed by atoms with E-state index in [0.717, 1.165) is 6.21 Å². The Kier molecular flexibility index (Phi) is 5.25. The summed E-state index contributed by atoms with van der Waals surface area (Å²) in [5.41, 5.74) is 4.34. The molecular weight excluding hydrogens is 170 g/mol. The topological polar surface area (TPSA) is 99.2 Å². The second-order valence-corrected chi connectivity index (χ2v) is 3.11. The molecule has 0 aliphatic carbocycles. The van der Waals surface area contributed by atoms with E-state index in [4.69, 9.17) is 16.2 Å².